The smallest absolute Gasteiger partial charge is 0.310 e. The monoisotopic (exact) mass is 387 g/mol. The van der Waals surface area contributed by atoms with E-state index in [1.807, 2.05) is 6.92 Å². The molecule has 148 valence electrons. The highest BCUT2D eigenvalue weighted by Crippen LogP contribution is 2.28. The minimum Gasteiger partial charge on any atom is -0.493 e. The lowest BCUT2D eigenvalue weighted by Gasteiger charge is -2.12. The average Bonchev–Trinajstić information content (AvgIpc) is 2.69. The molecule has 0 saturated carbocycles. The standard InChI is InChI=1S/C19H21N3O6/c1-4-27-17-10-9-14(11-18(17)26-3)12-20-21-19(23)13(2)28-16-8-6-5-7-15(16)22(24)25/h5-13H,4H2,1-3H3,(H,21,23)/b20-12-/t13-/m0/s1. The molecule has 0 aliphatic carbocycles. The van der Waals surface area contributed by atoms with E-state index in [2.05, 4.69) is 10.5 Å². The molecule has 0 bridgehead atoms. The van der Waals surface area contributed by atoms with Crippen LogP contribution in [-0.2, 0) is 4.79 Å². The van der Waals surface area contributed by atoms with E-state index in [0.29, 0.717) is 23.7 Å². The molecule has 1 amide bonds. The van der Waals surface area contributed by atoms with E-state index in [-0.39, 0.29) is 11.4 Å². The Kier molecular flexibility index (Phi) is 7.32. The van der Waals surface area contributed by atoms with Crippen molar-refractivity contribution in [1.29, 1.82) is 0 Å². The Balaban J connectivity index is 1.99. The number of rotatable bonds is 9. The summed E-state index contributed by atoms with van der Waals surface area (Å²) in [6.07, 6.45) is 0.460. The Bertz CT molecular complexity index is 868. The number of nitrogens with one attached hydrogen (secondary N) is 1. The van der Waals surface area contributed by atoms with Crippen LogP contribution in [0.1, 0.15) is 19.4 Å². The van der Waals surface area contributed by atoms with Gasteiger partial charge in [0.25, 0.3) is 5.91 Å². The molecular formula is C19H21N3O6. The van der Waals surface area contributed by atoms with Gasteiger partial charge in [-0.2, -0.15) is 5.10 Å². The van der Waals surface area contributed by atoms with Gasteiger partial charge < -0.3 is 14.2 Å². The van der Waals surface area contributed by atoms with Gasteiger partial charge >= 0.3 is 5.69 Å². The summed E-state index contributed by atoms with van der Waals surface area (Å²) in [4.78, 5) is 22.5. The van der Waals surface area contributed by atoms with Crippen LogP contribution < -0.4 is 19.6 Å². The maximum atomic E-state index is 12.1. The van der Waals surface area contributed by atoms with Gasteiger partial charge in [0.2, 0.25) is 0 Å². The van der Waals surface area contributed by atoms with Crippen molar-refractivity contribution in [2.45, 2.75) is 20.0 Å². The van der Waals surface area contributed by atoms with Crippen LogP contribution in [0.4, 0.5) is 5.69 Å². The summed E-state index contributed by atoms with van der Waals surface area (Å²) in [5.74, 6) is 0.616. The largest absolute Gasteiger partial charge is 0.493 e. The van der Waals surface area contributed by atoms with Crippen LogP contribution in [0.2, 0.25) is 0 Å². The van der Waals surface area contributed by atoms with Crippen molar-refractivity contribution >= 4 is 17.8 Å². The average molecular weight is 387 g/mol. The van der Waals surface area contributed by atoms with Crippen LogP contribution >= 0.6 is 0 Å². The lowest BCUT2D eigenvalue weighted by atomic mass is 10.2. The van der Waals surface area contributed by atoms with Crippen molar-refractivity contribution in [3.63, 3.8) is 0 Å². The molecule has 0 aliphatic heterocycles. The minimum atomic E-state index is -0.979. The number of ether oxygens (including phenoxy) is 3. The highest BCUT2D eigenvalue weighted by molar-refractivity contribution is 5.85. The minimum absolute atomic E-state index is 0.00961. The number of benzene rings is 2. The lowest BCUT2D eigenvalue weighted by Crippen LogP contribution is -2.33. The zero-order chi connectivity index (χ0) is 20.5. The molecule has 0 saturated heterocycles. The molecule has 28 heavy (non-hydrogen) atoms. The van der Waals surface area contributed by atoms with E-state index >= 15 is 0 Å². The SMILES string of the molecule is CCOc1ccc(/C=N\NC(=O)[C@H](C)Oc2ccccc2[N+](=O)[O-])cc1OC. The molecule has 0 unspecified atom stereocenters. The van der Waals surface area contributed by atoms with Gasteiger partial charge in [-0.25, -0.2) is 5.43 Å². The van der Waals surface area contributed by atoms with Crippen molar-refractivity contribution in [2.24, 2.45) is 5.10 Å². The molecule has 0 fully saturated rings. The van der Waals surface area contributed by atoms with E-state index in [1.165, 1.54) is 38.4 Å². The molecule has 0 spiro atoms. The van der Waals surface area contributed by atoms with E-state index < -0.39 is 16.9 Å². The predicted molar refractivity (Wildman–Crippen MR) is 103 cm³/mol. The molecule has 2 aromatic carbocycles. The Hall–Kier alpha value is -3.62. The van der Waals surface area contributed by atoms with Gasteiger partial charge in [0.15, 0.2) is 23.4 Å². The third kappa shape index (κ3) is 5.44. The second kappa shape index (κ2) is 9.91. The number of hydrogen-bond donors (Lipinski definition) is 1. The van der Waals surface area contributed by atoms with E-state index in [0.717, 1.165) is 0 Å². The van der Waals surface area contributed by atoms with E-state index in [4.69, 9.17) is 14.2 Å². The molecule has 2 aromatic rings. The number of nitrogens with zero attached hydrogens (tertiary/aromatic N) is 2. The molecule has 9 heteroatoms. The molecule has 0 aromatic heterocycles. The maximum Gasteiger partial charge on any atom is 0.310 e. The molecular weight excluding hydrogens is 366 g/mol. The molecule has 2 rings (SSSR count). The second-order valence-electron chi connectivity index (χ2n) is 5.56. The first-order valence-corrected chi connectivity index (χ1v) is 8.50. The first-order chi connectivity index (χ1) is 13.5. The van der Waals surface area contributed by atoms with Crippen LogP contribution in [0.5, 0.6) is 17.2 Å². The summed E-state index contributed by atoms with van der Waals surface area (Å²) >= 11 is 0. The van der Waals surface area contributed by atoms with Crippen LogP contribution in [-0.4, -0.2) is 36.9 Å². The number of nitro benzene ring substituents is 1. The van der Waals surface area contributed by atoms with Crippen molar-refractivity contribution < 1.29 is 23.9 Å². The highest BCUT2D eigenvalue weighted by Gasteiger charge is 2.20. The molecule has 0 radical (unpaired) electrons. The number of carbonyl (C=O) groups is 1. The molecule has 1 atom stereocenters. The lowest BCUT2D eigenvalue weighted by molar-refractivity contribution is -0.386. The van der Waals surface area contributed by atoms with Gasteiger partial charge in [-0.1, -0.05) is 12.1 Å². The van der Waals surface area contributed by atoms with Gasteiger partial charge in [0.05, 0.1) is 24.9 Å². The van der Waals surface area contributed by atoms with Crippen molar-refractivity contribution in [3.8, 4) is 17.2 Å². The fourth-order valence-corrected chi connectivity index (χ4v) is 2.25. The quantitative estimate of drug-likeness (QED) is 0.402. The van der Waals surface area contributed by atoms with Gasteiger partial charge in [-0.3, -0.25) is 14.9 Å². The van der Waals surface area contributed by atoms with Crippen LogP contribution in [0.25, 0.3) is 0 Å². The number of hydrazone groups is 1. The molecule has 0 aliphatic rings. The fraction of sp³-hybridized carbons (Fsp3) is 0.263. The Morgan fingerprint density at radius 3 is 2.68 bits per heavy atom. The topological polar surface area (TPSA) is 112 Å². The number of amides is 1. The second-order valence-corrected chi connectivity index (χ2v) is 5.56. The van der Waals surface area contributed by atoms with Crippen molar-refractivity contribution in [2.75, 3.05) is 13.7 Å². The van der Waals surface area contributed by atoms with Crippen LogP contribution in [0.3, 0.4) is 0 Å². The van der Waals surface area contributed by atoms with Gasteiger partial charge in [-0.05, 0) is 43.7 Å². The third-order valence-electron chi connectivity index (χ3n) is 3.61. The van der Waals surface area contributed by atoms with E-state index in [1.54, 1.807) is 24.3 Å². The summed E-state index contributed by atoms with van der Waals surface area (Å²) < 4.78 is 16.1. The Morgan fingerprint density at radius 1 is 1.25 bits per heavy atom. The number of para-hydroxylation sites is 2. The summed E-state index contributed by atoms with van der Waals surface area (Å²) in [6.45, 7) is 3.86. The summed E-state index contributed by atoms with van der Waals surface area (Å²) in [5.41, 5.74) is 2.81. The maximum absolute atomic E-state index is 12.1. The summed E-state index contributed by atoms with van der Waals surface area (Å²) in [5, 5.41) is 14.9. The van der Waals surface area contributed by atoms with Gasteiger partial charge in [-0.15, -0.1) is 0 Å². The van der Waals surface area contributed by atoms with Crippen molar-refractivity contribution in [3.05, 3.63) is 58.1 Å². The zero-order valence-electron chi connectivity index (χ0n) is 15.7. The highest BCUT2D eigenvalue weighted by atomic mass is 16.6. The first kappa shape index (κ1) is 20.7. The number of carbonyl (C=O) groups excluding carboxylic acids is 1. The van der Waals surface area contributed by atoms with Gasteiger partial charge in [0, 0.05) is 6.07 Å². The van der Waals surface area contributed by atoms with E-state index in [9.17, 15) is 14.9 Å². The number of hydrogen-bond acceptors (Lipinski definition) is 7. The summed E-state index contributed by atoms with van der Waals surface area (Å²) in [6, 6.07) is 11.1. The predicted octanol–water partition coefficient (Wildman–Crippen LogP) is 2.92. The Morgan fingerprint density at radius 2 is 2.00 bits per heavy atom. The van der Waals surface area contributed by atoms with Crippen LogP contribution in [0, 0.1) is 10.1 Å². The fourth-order valence-electron chi connectivity index (χ4n) is 2.25. The van der Waals surface area contributed by atoms with Gasteiger partial charge in [0.1, 0.15) is 0 Å². The molecule has 0 heterocycles. The normalized spacial score (nSPS) is 11.7. The third-order valence-corrected chi connectivity index (χ3v) is 3.61. The van der Waals surface area contributed by atoms with Crippen molar-refractivity contribution in [1.82, 2.24) is 5.43 Å². The first-order valence-electron chi connectivity index (χ1n) is 8.50. The summed E-state index contributed by atoms with van der Waals surface area (Å²) in [7, 11) is 1.53. The molecule has 9 nitrogen and oxygen atoms in total. The number of nitro groups is 1. The zero-order valence-corrected chi connectivity index (χ0v) is 15.7. The Labute approximate surface area is 162 Å². The van der Waals surface area contributed by atoms with Crippen LogP contribution in [0.15, 0.2) is 47.6 Å². The number of methoxy groups -OCH3 is 1. The molecule has 1 N–H and O–H groups in total.